The molecule has 114 valence electrons. The maximum absolute atomic E-state index is 14.1. The monoisotopic (exact) mass is 305 g/mol. The zero-order chi connectivity index (χ0) is 15.4. The van der Waals surface area contributed by atoms with Crippen LogP contribution in [-0.2, 0) is 0 Å². The molecule has 1 N–H and O–H groups in total. The van der Waals surface area contributed by atoms with Gasteiger partial charge in [-0.05, 0) is 49.6 Å². The Morgan fingerprint density at radius 3 is 2.57 bits per heavy atom. The van der Waals surface area contributed by atoms with Crippen LogP contribution < -0.4 is 5.32 Å². The number of benzene rings is 1. The second-order valence-electron chi connectivity index (χ2n) is 5.81. The van der Waals surface area contributed by atoms with Gasteiger partial charge in [-0.2, -0.15) is 0 Å². The maximum Gasteiger partial charge on any atom is 0.132 e. The van der Waals surface area contributed by atoms with E-state index in [2.05, 4.69) is 38.2 Å². The SMILES string of the molecule is CCCNC(c1ccc(-c2c(C)cccc2F)s1)C(C)C. The van der Waals surface area contributed by atoms with Crippen molar-refractivity contribution in [1.29, 1.82) is 0 Å². The first-order valence-corrected chi connectivity index (χ1v) is 8.44. The highest BCUT2D eigenvalue weighted by atomic mass is 32.1. The van der Waals surface area contributed by atoms with Gasteiger partial charge in [0.05, 0.1) is 0 Å². The first-order chi connectivity index (χ1) is 10.0. The van der Waals surface area contributed by atoms with Crippen LogP contribution in [0.4, 0.5) is 4.39 Å². The highest BCUT2D eigenvalue weighted by Gasteiger charge is 2.18. The van der Waals surface area contributed by atoms with Crippen molar-refractivity contribution in [3.8, 4) is 10.4 Å². The molecule has 1 nitrogen and oxygen atoms in total. The fraction of sp³-hybridized carbons (Fsp3) is 0.444. The molecule has 0 amide bonds. The minimum Gasteiger partial charge on any atom is -0.309 e. The van der Waals surface area contributed by atoms with Crippen LogP contribution in [0, 0.1) is 18.7 Å². The van der Waals surface area contributed by atoms with Gasteiger partial charge in [-0.1, -0.05) is 32.9 Å². The number of halogens is 1. The van der Waals surface area contributed by atoms with Crippen LogP contribution in [-0.4, -0.2) is 6.54 Å². The van der Waals surface area contributed by atoms with E-state index in [0.717, 1.165) is 29.0 Å². The van der Waals surface area contributed by atoms with E-state index < -0.39 is 0 Å². The van der Waals surface area contributed by atoms with Crippen LogP contribution in [0.1, 0.15) is 43.7 Å². The first kappa shape index (κ1) is 16.2. The Kier molecular flexibility index (Phi) is 5.54. The number of hydrogen-bond acceptors (Lipinski definition) is 2. The molecule has 0 radical (unpaired) electrons. The Labute approximate surface area is 131 Å². The zero-order valence-corrected chi connectivity index (χ0v) is 14.1. The van der Waals surface area contributed by atoms with Gasteiger partial charge in [0.2, 0.25) is 0 Å². The number of nitrogens with one attached hydrogen (secondary N) is 1. The predicted molar refractivity (Wildman–Crippen MR) is 90.3 cm³/mol. The van der Waals surface area contributed by atoms with Crippen LogP contribution >= 0.6 is 11.3 Å². The summed E-state index contributed by atoms with van der Waals surface area (Å²) in [5.74, 6) is 0.385. The molecule has 0 saturated heterocycles. The van der Waals surface area contributed by atoms with Crippen LogP contribution in [0.5, 0.6) is 0 Å². The summed E-state index contributed by atoms with van der Waals surface area (Å²) >= 11 is 1.70. The first-order valence-electron chi connectivity index (χ1n) is 7.63. The molecule has 0 saturated carbocycles. The Morgan fingerprint density at radius 1 is 1.19 bits per heavy atom. The maximum atomic E-state index is 14.1. The lowest BCUT2D eigenvalue weighted by molar-refractivity contribution is 0.418. The minimum atomic E-state index is -0.133. The lowest BCUT2D eigenvalue weighted by atomic mass is 10.0. The molecule has 1 heterocycles. The highest BCUT2D eigenvalue weighted by Crippen LogP contribution is 2.36. The summed E-state index contributed by atoms with van der Waals surface area (Å²) in [5.41, 5.74) is 1.73. The molecule has 1 aromatic carbocycles. The molecule has 0 aliphatic rings. The number of thiophene rings is 1. The van der Waals surface area contributed by atoms with Gasteiger partial charge in [0, 0.05) is 21.4 Å². The Balaban J connectivity index is 2.32. The summed E-state index contributed by atoms with van der Waals surface area (Å²) in [4.78, 5) is 2.31. The smallest absolute Gasteiger partial charge is 0.132 e. The molecule has 0 spiro atoms. The summed E-state index contributed by atoms with van der Waals surface area (Å²) in [6.07, 6.45) is 1.12. The van der Waals surface area contributed by atoms with Crippen LogP contribution in [0.3, 0.4) is 0 Å². The largest absolute Gasteiger partial charge is 0.309 e. The van der Waals surface area contributed by atoms with E-state index in [0.29, 0.717) is 12.0 Å². The minimum absolute atomic E-state index is 0.133. The normalized spacial score (nSPS) is 12.9. The van der Waals surface area contributed by atoms with E-state index in [4.69, 9.17) is 0 Å². The highest BCUT2D eigenvalue weighted by molar-refractivity contribution is 7.15. The lowest BCUT2D eigenvalue weighted by Gasteiger charge is -2.21. The van der Waals surface area contributed by atoms with E-state index in [-0.39, 0.29) is 5.82 Å². The molecular formula is C18H24FNS. The van der Waals surface area contributed by atoms with Crippen LogP contribution in [0.15, 0.2) is 30.3 Å². The number of rotatable bonds is 6. The zero-order valence-electron chi connectivity index (χ0n) is 13.2. The summed E-state index contributed by atoms with van der Waals surface area (Å²) in [6.45, 7) is 9.59. The summed E-state index contributed by atoms with van der Waals surface area (Å²) < 4.78 is 14.1. The van der Waals surface area contributed by atoms with Crippen molar-refractivity contribution in [2.45, 2.75) is 40.2 Å². The Bertz CT molecular complexity index is 568. The lowest BCUT2D eigenvalue weighted by Crippen LogP contribution is -2.25. The summed E-state index contributed by atoms with van der Waals surface area (Å²) in [6, 6.07) is 9.80. The molecule has 2 rings (SSSR count). The third-order valence-electron chi connectivity index (χ3n) is 3.68. The van der Waals surface area contributed by atoms with Gasteiger partial charge < -0.3 is 5.32 Å². The molecule has 3 heteroatoms. The van der Waals surface area contributed by atoms with E-state index in [1.165, 1.54) is 10.9 Å². The Hall–Kier alpha value is -1.19. The predicted octanol–water partition coefficient (Wildman–Crippen LogP) is 5.56. The molecule has 1 unspecified atom stereocenters. The molecule has 1 aromatic heterocycles. The van der Waals surface area contributed by atoms with Gasteiger partial charge in [-0.3, -0.25) is 0 Å². The van der Waals surface area contributed by atoms with Crippen molar-refractivity contribution in [3.63, 3.8) is 0 Å². The van der Waals surface area contributed by atoms with Crippen molar-refractivity contribution in [2.24, 2.45) is 5.92 Å². The van der Waals surface area contributed by atoms with Crippen LogP contribution in [0.25, 0.3) is 10.4 Å². The molecular weight excluding hydrogens is 281 g/mol. The second kappa shape index (κ2) is 7.19. The van der Waals surface area contributed by atoms with Crippen molar-refractivity contribution < 1.29 is 4.39 Å². The average molecular weight is 305 g/mol. The van der Waals surface area contributed by atoms with Crippen molar-refractivity contribution in [3.05, 3.63) is 46.6 Å². The molecule has 0 aliphatic carbocycles. The van der Waals surface area contributed by atoms with Gasteiger partial charge in [0.25, 0.3) is 0 Å². The molecule has 21 heavy (non-hydrogen) atoms. The van der Waals surface area contributed by atoms with Gasteiger partial charge in [-0.15, -0.1) is 11.3 Å². The van der Waals surface area contributed by atoms with E-state index in [1.54, 1.807) is 17.4 Å². The third kappa shape index (κ3) is 3.72. The fourth-order valence-electron chi connectivity index (χ4n) is 2.56. The third-order valence-corrected chi connectivity index (χ3v) is 4.87. The quantitative estimate of drug-likeness (QED) is 0.736. The van der Waals surface area contributed by atoms with Gasteiger partial charge in [0.15, 0.2) is 0 Å². The summed E-state index contributed by atoms with van der Waals surface area (Å²) in [5, 5.41) is 3.60. The van der Waals surface area contributed by atoms with Crippen molar-refractivity contribution >= 4 is 11.3 Å². The van der Waals surface area contributed by atoms with Gasteiger partial charge in [-0.25, -0.2) is 4.39 Å². The molecule has 0 aliphatic heterocycles. The topological polar surface area (TPSA) is 12.0 Å². The summed E-state index contributed by atoms with van der Waals surface area (Å²) in [7, 11) is 0. The van der Waals surface area contributed by atoms with E-state index in [9.17, 15) is 4.39 Å². The molecule has 2 aromatic rings. The molecule has 0 fully saturated rings. The fourth-order valence-corrected chi connectivity index (χ4v) is 3.93. The second-order valence-corrected chi connectivity index (χ2v) is 6.92. The van der Waals surface area contributed by atoms with E-state index >= 15 is 0 Å². The van der Waals surface area contributed by atoms with E-state index in [1.807, 2.05) is 13.0 Å². The number of aryl methyl sites for hydroxylation is 1. The van der Waals surface area contributed by atoms with Crippen LogP contribution in [0.2, 0.25) is 0 Å². The van der Waals surface area contributed by atoms with Crippen molar-refractivity contribution in [2.75, 3.05) is 6.54 Å². The van der Waals surface area contributed by atoms with Gasteiger partial charge >= 0.3 is 0 Å². The van der Waals surface area contributed by atoms with Gasteiger partial charge in [0.1, 0.15) is 5.82 Å². The standard InChI is InChI=1S/C18H24FNS/c1-5-11-20-18(12(2)3)16-10-9-15(21-16)17-13(4)7-6-8-14(17)19/h6-10,12,18,20H,5,11H2,1-4H3. The van der Waals surface area contributed by atoms with Crippen molar-refractivity contribution in [1.82, 2.24) is 5.32 Å². The average Bonchev–Trinajstić information content (AvgIpc) is 2.88. The molecule has 0 bridgehead atoms. The Morgan fingerprint density at radius 2 is 1.95 bits per heavy atom. The number of hydrogen-bond donors (Lipinski definition) is 1. The molecule has 1 atom stereocenters.